The maximum Gasteiger partial charge on any atom is 0.124 e. The molecule has 0 aliphatic rings. The van der Waals surface area contributed by atoms with Crippen molar-refractivity contribution in [3.8, 4) is 11.8 Å². The molecule has 110 valence electrons. The molecule has 0 radical (unpaired) electrons. The summed E-state index contributed by atoms with van der Waals surface area (Å²) >= 11 is 0. The van der Waals surface area contributed by atoms with E-state index in [0.29, 0.717) is 18.7 Å². The first-order valence-electron chi connectivity index (χ1n) is 6.92. The number of rotatable bonds is 7. The average molecular weight is 279 g/mol. The van der Waals surface area contributed by atoms with Crippen molar-refractivity contribution in [2.45, 2.75) is 26.3 Å². The fourth-order valence-electron chi connectivity index (χ4n) is 2.01. The van der Waals surface area contributed by atoms with E-state index in [-0.39, 0.29) is 19.0 Å². The lowest BCUT2D eigenvalue weighted by atomic mass is 10.1. The van der Waals surface area contributed by atoms with E-state index in [1.807, 2.05) is 6.07 Å². The van der Waals surface area contributed by atoms with Gasteiger partial charge in [0.25, 0.3) is 0 Å². The summed E-state index contributed by atoms with van der Waals surface area (Å²) in [5.41, 5.74) is 1.39. The molecule has 0 spiro atoms. The van der Waals surface area contributed by atoms with Gasteiger partial charge < -0.3 is 10.2 Å². The Morgan fingerprint density at radius 3 is 2.65 bits per heavy atom. The molecule has 1 aromatic rings. The van der Waals surface area contributed by atoms with Gasteiger partial charge >= 0.3 is 0 Å². The minimum Gasteiger partial charge on any atom is -0.395 e. The van der Waals surface area contributed by atoms with Gasteiger partial charge in [0, 0.05) is 18.7 Å². The molecule has 0 amide bonds. The van der Waals surface area contributed by atoms with Crippen LogP contribution in [0, 0.1) is 17.7 Å². The van der Waals surface area contributed by atoms with Gasteiger partial charge in [-0.25, -0.2) is 4.39 Å². The van der Waals surface area contributed by atoms with E-state index in [1.165, 1.54) is 12.1 Å². The summed E-state index contributed by atoms with van der Waals surface area (Å²) in [5, 5.41) is 17.7. The highest BCUT2D eigenvalue weighted by Gasteiger charge is 2.07. The molecule has 0 bridgehead atoms. The number of hydrogen-bond acceptors (Lipinski definition) is 3. The van der Waals surface area contributed by atoms with Crippen LogP contribution in [0.5, 0.6) is 0 Å². The second-order valence-corrected chi connectivity index (χ2v) is 4.66. The minimum absolute atomic E-state index is 0.0935. The lowest BCUT2D eigenvalue weighted by molar-refractivity contribution is 0.188. The summed E-state index contributed by atoms with van der Waals surface area (Å²) in [6.07, 6.45) is 2.13. The second kappa shape index (κ2) is 9.49. The van der Waals surface area contributed by atoms with E-state index < -0.39 is 0 Å². The van der Waals surface area contributed by atoms with Crippen molar-refractivity contribution in [1.82, 2.24) is 4.90 Å². The topological polar surface area (TPSA) is 43.7 Å². The molecule has 2 N–H and O–H groups in total. The molecule has 3 nitrogen and oxygen atoms in total. The Bertz CT molecular complexity index is 465. The molecule has 0 aliphatic heterocycles. The van der Waals surface area contributed by atoms with Crippen molar-refractivity contribution in [1.29, 1.82) is 0 Å². The summed E-state index contributed by atoms with van der Waals surface area (Å²) in [6, 6.07) is 4.66. The van der Waals surface area contributed by atoms with Crippen molar-refractivity contribution in [3.63, 3.8) is 0 Å². The third-order valence-corrected chi connectivity index (χ3v) is 2.92. The Morgan fingerprint density at radius 2 is 2.00 bits per heavy atom. The van der Waals surface area contributed by atoms with Crippen LogP contribution < -0.4 is 0 Å². The Kier molecular flexibility index (Phi) is 7.89. The van der Waals surface area contributed by atoms with Crippen LogP contribution in [-0.2, 0) is 6.54 Å². The molecule has 0 aliphatic carbocycles. The Labute approximate surface area is 120 Å². The van der Waals surface area contributed by atoms with Crippen LogP contribution >= 0.6 is 0 Å². The Morgan fingerprint density at radius 1 is 1.20 bits per heavy atom. The third kappa shape index (κ3) is 6.16. The van der Waals surface area contributed by atoms with Gasteiger partial charge in [0.1, 0.15) is 12.4 Å². The van der Waals surface area contributed by atoms with Gasteiger partial charge in [-0.2, -0.15) is 0 Å². The van der Waals surface area contributed by atoms with E-state index >= 15 is 0 Å². The molecule has 1 rings (SSSR count). The molecule has 0 fully saturated rings. The smallest absolute Gasteiger partial charge is 0.124 e. The first-order valence-corrected chi connectivity index (χ1v) is 6.92. The van der Waals surface area contributed by atoms with Gasteiger partial charge in [0.05, 0.1) is 6.61 Å². The predicted octanol–water partition coefficient (Wildman–Crippen LogP) is 1.76. The largest absolute Gasteiger partial charge is 0.395 e. The van der Waals surface area contributed by atoms with Crippen molar-refractivity contribution in [2.24, 2.45) is 0 Å². The molecular formula is C16H22FNO2. The summed E-state index contributed by atoms with van der Waals surface area (Å²) in [7, 11) is 0. The fourth-order valence-corrected chi connectivity index (χ4v) is 2.01. The number of nitrogens with zero attached hydrogens (tertiary/aromatic N) is 1. The molecule has 0 heterocycles. The summed E-state index contributed by atoms with van der Waals surface area (Å²) in [6.45, 7) is 4.02. The number of aliphatic hydroxyl groups is 2. The lowest BCUT2D eigenvalue weighted by Gasteiger charge is -2.21. The summed E-state index contributed by atoms with van der Waals surface area (Å²) in [4.78, 5) is 2.10. The quantitative estimate of drug-likeness (QED) is 0.748. The van der Waals surface area contributed by atoms with E-state index in [1.54, 1.807) is 0 Å². The highest BCUT2D eigenvalue weighted by atomic mass is 19.1. The molecule has 4 heteroatoms. The monoisotopic (exact) mass is 279 g/mol. The van der Waals surface area contributed by atoms with E-state index in [4.69, 9.17) is 10.2 Å². The molecule has 1 aromatic carbocycles. The van der Waals surface area contributed by atoms with E-state index in [0.717, 1.165) is 24.9 Å². The number of unbranched alkanes of at least 4 members (excludes halogenated alkanes) is 1. The average Bonchev–Trinajstić information content (AvgIpc) is 2.42. The zero-order chi connectivity index (χ0) is 14.8. The van der Waals surface area contributed by atoms with Crippen molar-refractivity contribution < 1.29 is 14.6 Å². The maximum absolute atomic E-state index is 13.5. The maximum atomic E-state index is 13.5. The zero-order valence-electron chi connectivity index (χ0n) is 11.9. The molecular weight excluding hydrogens is 257 g/mol. The standard InChI is InChI=1S/C16H22FNO2/c1-2-3-6-18(7-9-20)13-15-10-14(5-4-8-19)11-16(17)12-15/h10-12,19-20H,2-3,6-9,13H2,1H3. The van der Waals surface area contributed by atoms with Crippen LogP contribution in [0.25, 0.3) is 0 Å². The van der Waals surface area contributed by atoms with Crippen molar-refractivity contribution >= 4 is 0 Å². The van der Waals surface area contributed by atoms with Crippen molar-refractivity contribution in [2.75, 3.05) is 26.3 Å². The number of halogens is 1. The first kappa shape index (κ1) is 16.6. The molecule has 20 heavy (non-hydrogen) atoms. The number of hydrogen-bond donors (Lipinski definition) is 2. The van der Waals surface area contributed by atoms with E-state index in [2.05, 4.69) is 23.7 Å². The van der Waals surface area contributed by atoms with Crippen LogP contribution in [-0.4, -0.2) is 41.4 Å². The number of aliphatic hydroxyl groups excluding tert-OH is 2. The summed E-state index contributed by atoms with van der Waals surface area (Å²) in [5.74, 6) is 4.90. The molecule has 0 atom stereocenters. The van der Waals surface area contributed by atoms with Gasteiger partial charge in [-0.3, -0.25) is 4.90 Å². The minimum atomic E-state index is -0.329. The lowest BCUT2D eigenvalue weighted by Crippen LogP contribution is -2.27. The van der Waals surface area contributed by atoms with Gasteiger partial charge in [-0.05, 0) is 36.7 Å². The van der Waals surface area contributed by atoms with Crippen LogP contribution in [0.3, 0.4) is 0 Å². The zero-order valence-corrected chi connectivity index (χ0v) is 11.9. The second-order valence-electron chi connectivity index (χ2n) is 4.66. The van der Waals surface area contributed by atoms with Gasteiger partial charge in [0.15, 0.2) is 0 Å². The highest BCUT2D eigenvalue weighted by Crippen LogP contribution is 2.11. The van der Waals surface area contributed by atoms with Gasteiger partial charge in [0.2, 0.25) is 0 Å². The molecule has 0 saturated heterocycles. The Balaban J connectivity index is 2.80. The first-order chi connectivity index (χ1) is 9.69. The van der Waals surface area contributed by atoms with Crippen LogP contribution in [0.15, 0.2) is 18.2 Å². The van der Waals surface area contributed by atoms with Crippen LogP contribution in [0.1, 0.15) is 30.9 Å². The number of benzene rings is 1. The third-order valence-electron chi connectivity index (χ3n) is 2.92. The Hall–Kier alpha value is -1.41. The molecule has 0 unspecified atom stereocenters. The van der Waals surface area contributed by atoms with E-state index in [9.17, 15) is 4.39 Å². The van der Waals surface area contributed by atoms with Crippen LogP contribution in [0.2, 0.25) is 0 Å². The molecule has 0 aromatic heterocycles. The van der Waals surface area contributed by atoms with Crippen LogP contribution in [0.4, 0.5) is 4.39 Å². The van der Waals surface area contributed by atoms with Gasteiger partial charge in [-0.15, -0.1) is 0 Å². The summed E-state index contributed by atoms with van der Waals surface area (Å²) < 4.78 is 13.5. The SMILES string of the molecule is CCCCN(CCO)Cc1cc(F)cc(C#CCO)c1. The van der Waals surface area contributed by atoms with Gasteiger partial charge in [-0.1, -0.05) is 25.2 Å². The predicted molar refractivity (Wildman–Crippen MR) is 77.6 cm³/mol. The highest BCUT2D eigenvalue weighted by molar-refractivity contribution is 5.37. The fraction of sp³-hybridized carbons (Fsp3) is 0.500. The normalized spacial score (nSPS) is 10.4. The van der Waals surface area contributed by atoms with Crippen molar-refractivity contribution in [3.05, 3.63) is 35.1 Å². The molecule has 0 saturated carbocycles.